The Labute approximate surface area is 96.0 Å². The van der Waals surface area contributed by atoms with Crippen LogP contribution in [0.4, 0.5) is 0 Å². The van der Waals surface area contributed by atoms with Crippen LogP contribution in [0.2, 0.25) is 0 Å². The van der Waals surface area contributed by atoms with E-state index < -0.39 is 0 Å². The van der Waals surface area contributed by atoms with Crippen molar-refractivity contribution in [3.63, 3.8) is 0 Å². The van der Waals surface area contributed by atoms with E-state index in [0.717, 1.165) is 21.3 Å². The maximum absolute atomic E-state index is 9.62. The fourth-order valence-electron chi connectivity index (χ4n) is 1.69. The van der Waals surface area contributed by atoms with Crippen molar-refractivity contribution in [2.75, 3.05) is 0 Å². The lowest BCUT2D eigenvalue weighted by atomic mass is 10.1. The zero-order valence-corrected chi connectivity index (χ0v) is 9.11. The molecular formula is C12H8N2OS. The molecule has 0 radical (unpaired) electrons. The number of fused-ring (bicyclic) bond motifs is 1. The zero-order chi connectivity index (χ0) is 11.0. The molecule has 3 aromatic rings. The average Bonchev–Trinajstić information content (AvgIpc) is 2.83. The molecule has 78 valence electrons. The molecule has 3 nitrogen and oxygen atoms in total. The molecule has 0 aliphatic rings. The van der Waals surface area contributed by atoms with Crippen molar-refractivity contribution in [2.24, 2.45) is 0 Å². The van der Waals surface area contributed by atoms with Gasteiger partial charge in [-0.15, -0.1) is 21.5 Å². The van der Waals surface area contributed by atoms with Gasteiger partial charge in [-0.25, -0.2) is 0 Å². The summed E-state index contributed by atoms with van der Waals surface area (Å²) in [5.74, 6) is -0.0177. The second-order valence-electron chi connectivity index (χ2n) is 3.40. The summed E-state index contributed by atoms with van der Waals surface area (Å²) in [6.45, 7) is 0. The summed E-state index contributed by atoms with van der Waals surface area (Å²) in [5.41, 5.74) is 0.823. The lowest BCUT2D eigenvalue weighted by Gasteiger charge is -2.03. The fourth-order valence-corrected chi connectivity index (χ4v) is 2.41. The van der Waals surface area contributed by atoms with E-state index in [9.17, 15) is 5.11 Å². The molecule has 0 saturated heterocycles. The molecule has 2 heterocycles. The summed E-state index contributed by atoms with van der Waals surface area (Å²) >= 11 is 1.61. The first-order chi connectivity index (χ1) is 7.86. The maximum Gasteiger partial charge on any atom is 0.238 e. The van der Waals surface area contributed by atoms with Crippen LogP contribution in [0.3, 0.4) is 0 Å². The third-order valence-corrected chi connectivity index (χ3v) is 3.30. The molecule has 0 unspecified atom stereocenters. The first-order valence-electron chi connectivity index (χ1n) is 4.84. The number of nitrogens with zero attached hydrogens (tertiary/aromatic N) is 2. The highest BCUT2D eigenvalue weighted by Gasteiger charge is 2.09. The summed E-state index contributed by atoms with van der Waals surface area (Å²) in [7, 11) is 0. The van der Waals surface area contributed by atoms with Crippen LogP contribution in [-0.4, -0.2) is 15.3 Å². The van der Waals surface area contributed by atoms with Gasteiger partial charge in [0, 0.05) is 10.8 Å². The largest absolute Gasteiger partial charge is 0.492 e. The van der Waals surface area contributed by atoms with Gasteiger partial charge in [-0.05, 0) is 17.5 Å². The van der Waals surface area contributed by atoms with E-state index in [1.54, 1.807) is 11.3 Å². The van der Waals surface area contributed by atoms with Crippen molar-refractivity contribution in [1.29, 1.82) is 0 Å². The number of benzene rings is 1. The molecule has 0 atom stereocenters. The Hall–Kier alpha value is -1.94. The summed E-state index contributed by atoms with van der Waals surface area (Å²) in [6.07, 6.45) is 0. The smallest absolute Gasteiger partial charge is 0.238 e. The number of rotatable bonds is 1. The summed E-state index contributed by atoms with van der Waals surface area (Å²) in [4.78, 5) is 1.06. The van der Waals surface area contributed by atoms with E-state index in [1.165, 1.54) is 0 Å². The SMILES string of the molecule is Oc1nnc(-c2cccs2)c2ccccc12. The minimum atomic E-state index is -0.0177. The van der Waals surface area contributed by atoms with Gasteiger partial charge in [-0.2, -0.15) is 0 Å². The Morgan fingerprint density at radius 1 is 0.938 bits per heavy atom. The van der Waals surface area contributed by atoms with Crippen LogP contribution in [0.15, 0.2) is 41.8 Å². The number of hydrogen-bond donors (Lipinski definition) is 1. The molecule has 0 bridgehead atoms. The highest BCUT2D eigenvalue weighted by Crippen LogP contribution is 2.32. The van der Waals surface area contributed by atoms with Gasteiger partial charge in [0.15, 0.2) is 0 Å². The van der Waals surface area contributed by atoms with Gasteiger partial charge in [0.1, 0.15) is 5.69 Å². The Bertz CT molecular complexity index is 635. The molecular weight excluding hydrogens is 220 g/mol. The first kappa shape index (κ1) is 9.30. The number of thiophene rings is 1. The zero-order valence-electron chi connectivity index (χ0n) is 8.29. The molecule has 1 aromatic carbocycles. The monoisotopic (exact) mass is 228 g/mol. The van der Waals surface area contributed by atoms with Crippen LogP contribution in [0, 0.1) is 0 Å². The van der Waals surface area contributed by atoms with E-state index in [-0.39, 0.29) is 5.88 Å². The molecule has 0 spiro atoms. The Morgan fingerprint density at radius 2 is 1.75 bits per heavy atom. The van der Waals surface area contributed by atoms with E-state index in [2.05, 4.69) is 10.2 Å². The van der Waals surface area contributed by atoms with Gasteiger partial charge in [0.05, 0.1) is 4.88 Å². The van der Waals surface area contributed by atoms with Crippen molar-refractivity contribution >= 4 is 22.1 Å². The molecule has 0 fully saturated rings. The second kappa shape index (κ2) is 3.57. The maximum atomic E-state index is 9.62. The lowest BCUT2D eigenvalue weighted by molar-refractivity contribution is 0.453. The van der Waals surface area contributed by atoms with Crippen molar-refractivity contribution in [3.8, 4) is 16.5 Å². The number of aromatic nitrogens is 2. The van der Waals surface area contributed by atoms with Crippen molar-refractivity contribution in [2.45, 2.75) is 0 Å². The highest BCUT2D eigenvalue weighted by atomic mass is 32.1. The third kappa shape index (κ3) is 1.35. The Balaban J connectivity index is 2.39. The second-order valence-corrected chi connectivity index (χ2v) is 4.34. The van der Waals surface area contributed by atoms with E-state index >= 15 is 0 Å². The Morgan fingerprint density at radius 3 is 2.50 bits per heavy atom. The quantitative estimate of drug-likeness (QED) is 0.696. The minimum absolute atomic E-state index is 0.0177. The normalized spacial score (nSPS) is 10.8. The van der Waals surface area contributed by atoms with Crippen LogP contribution in [0.5, 0.6) is 5.88 Å². The molecule has 3 rings (SSSR count). The standard InChI is InChI=1S/C12H8N2OS/c15-12-9-5-2-1-4-8(9)11(13-14-12)10-6-3-7-16-10/h1-7H,(H,14,15). The number of hydrogen-bond acceptors (Lipinski definition) is 4. The van der Waals surface area contributed by atoms with Gasteiger partial charge in [0.2, 0.25) is 5.88 Å². The summed E-state index contributed by atoms with van der Waals surface area (Å²) < 4.78 is 0. The third-order valence-electron chi connectivity index (χ3n) is 2.42. The number of aromatic hydroxyl groups is 1. The molecule has 0 amide bonds. The molecule has 1 N–H and O–H groups in total. The van der Waals surface area contributed by atoms with Crippen LogP contribution in [0.1, 0.15) is 0 Å². The van der Waals surface area contributed by atoms with Crippen LogP contribution in [-0.2, 0) is 0 Å². The summed E-state index contributed by atoms with van der Waals surface area (Å²) in [5, 5.41) is 21.1. The Kier molecular flexibility index (Phi) is 2.08. The van der Waals surface area contributed by atoms with Crippen molar-refractivity contribution in [1.82, 2.24) is 10.2 Å². The van der Waals surface area contributed by atoms with Gasteiger partial charge in [-0.3, -0.25) is 0 Å². The van der Waals surface area contributed by atoms with Crippen molar-refractivity contribution < 1.29 is 5.11 Å². The van der Waals surface area contributed by atoms with Crippen LogP contribution >= 0.6 is 11.3 Å². The van der Waals surface area contributed by atoms with Crippen LogP contribution < -0.4 is 0 Å². The summed E-state index contributed by atoms with van der Waals surface area (Å²) in [6, 6.07) is 11.6. The van der Waals surface area contributed by atoms with E-state index in [4.69, 9.17) is 0 Å². The van der Waals surface area contributed by atoms with Gasteiger partial charge < -0.3 is 5.11 Å². The predicted molar refractivity (Wildman–Crippen MR) is 64.5 cm³/mol. The first-order valence-corrected chi connectivity index (χ1v) is 5.72. The predicted octanol–water partition coefficient (Wildman–Crippen LogP) is 3.06. The molecule has 0 saturated carbocycles. The van der Waals surface area contributed by atoms with Gasteiger partial charge in [0.25, 0.3) is 0 Å². The molecule has 4 heteroatoms. The lowest BCUT2D eigenvalue weighted by Crippen LogP contribution is -1.88. The molecule has 2 aromatic heterocycles. The highest BCUT2D eigenvalue weighted by molar-refractivity contribution is 7.13. The fraction of sp³-hybridized carbons (Fsp3) is 0. The van der Waals surface area contributed by atoms with E-state index in [0.29, 0.717) is 0 Å². The molecule has 16 heavy (non-hydrogen) atoms. The average molecular weight is 228 g/mol. The van der Waals surface area contributed by atoms with Gasteiger partial charge >= 0.3 is 0 Å². The van der Waals surface area contributed by atoms with E-state index in [1.807, 2.05) is 41.8 Å². The van der Waals surface area contributed by atoms with Crippen LogP contribution in [0.25, 0.3) is 21.3 Å². The molecule has 0 aliphatic carbocycles. The topological polar surface area (TPSA) is 46.0 Å². The van der Waals surface area contributed by atoms with Gasteiger partial charge in [-0.1, -0.05) is 24.3 Å². The van der Waals surface area contributed by atoms with Crippen molar-refractivity contribution in [3.05, 3.63) is 41.8 Å². The molecule has 0 aliphatic heterocycles. The minimum Gasteiger partial charge on any atom is -0.492 e.